The second-order valence-corrected chi connectivity index (χ2v) is 5.84. The fourth-order valence-electron chi connectivity index (χ4n) is 1.01. The van der Waals surface area contributed by atoms with E-state index in [-0.39, 0.29) is 6.10 Å². The van der Waals surface area contributed by atoms with Gasteiger partial charge in [0.25, 0.3) is 0 Å². The Morgan fingerprint density at radius 1 is 1.13 bits per heavy atom. The summed E-state index contributed by atoms with van der Waals surface area (Å²) < 4.78 is 16.7. The van der Waals surface area contributed by atoms with Crippen molar-refractivity contribution in [3.63, 3.8) is 0 Å². The molecule has 0 N–H and O–H groups in total. The molecule has 0 atom stereocenters. The van der Waals surface area contributed by atoms with E-state index in [1.807, 2.05) is 13.8 Å². The fraction of sp³-hybridized carbons (Fsp3) is 0.455. The first-order valence-corrected chi connectivity index (χ1v) is 6.62. The van der Waals surface area contributed by atoms with Gasteiger partial charge in [-0.3, -0.25) is 0 Å². The zero-order valence-corrected chi connectivity index (χ0v) is 11.0. The highest BCUT2D eigenvalue weighted by Crippen LogP contribution is 2.19. The van der Waals surface area contributed by atoms with Crippen molar-refractivity contribution in [3.05, 3.63) is 37.0 Å². The lowest BCUT2D eigenvalue weighted by atomic mass is 10.5. The molecule has 0 saturated heterocycles. The molecular formula is C11H20O3Si. The van der Waals surface area contributed by atoms with Gasteiger partial charge in [0, 0.05) is 11.8 Å². The molecule has 0 unspecified atom stereocenters. The molecule has 0 bridgehead atoms. The van der Waals surface area contributed by atoms with Crippen molar-refractivity contribution in [2.75, 3.05) is 0 Å². The van der Waals surface area contributed by atoms with E-state index in [0.717, 1.165) is 0 Å². The first-order chi connectivity index (χ1) is 6.81. The van der Waals surface area contributed by atoms with Gasteiger partial charge in [-0.1, -0.05) is 19.7 Å². The van der Waals surface area contributed by atoms with E-state index in [2.05, 4.69) is 19.7 Å². The van der Waals surface area contributed by atoms with E-state index in [1.165, 1.54) is 0 Å². The maximum Gasteiger partial charge on any atom is 0.660 e. The van der Waals surface area contributed by atoms with Crippen molar-refractivity contribution in [3.8, 4) is 0 Å². The highest BCUT2D eigenvalue weighted by Gasteiger charge is 2.43. The second-order valence-electron chi connectivity index (χ2n) is 3.58. The number of hydrogen-bond donors (Lipinski definition) is 0. The van der Waals surface area contributed by atoms with Gasteiger partial charge in [-0.15, -0.1) is 0 Å². The maximum absolute atomic E-state index is 5.66. The summed E-state index contributed by atoms with van der Waals surface area (Å²) in [5.74, 6) is 1.09. The van der Waals surface area contributed by atoms with Gasteiger partial charge < -0.3 is 13.3 Å². The number of hydrogen-bond acceptors (Lipinski definition) is 3. The van der Waals surface area contributed by atoms with Crippen LogP contribution >= 0.6 is 0 Å². The number of allylic oxidation sites excluding steroid dienone is 2. The van der Waals surface area contributed by atoms with Crippen LogP contribution in [0, 0.1) is 0 Å². The molecule has 0 aromatic carbocycles. The molecule has 0 spiro atoms. The van der Waals surface area contributed by atoms with Crippen LogP contribution < -0.4 is 0 Å². The highest BCUT2D eigenvalue weighted by molar-refractivity contribution is 6.66. The van der Waals surface area contributed by atoms with E-state index in [9.17, 15) is 0 Å². The van der Waals surface area contributed by atoms with Crippen LogP contribution in [0.3, 0.4) is 0 Å². The Morgan fingerprint density at radius 2 is 1.53 bits per heavy atom. The largest absolute Gasteiger partial charge is 0.660 e. The van der Waals surface area contributed by atoms with Crippen molar-refractivity contribution in [2.45, 2.75) is 33.8 Å². The maximum atomic E-state index is 5.66. The molecule has 0 fully saturated rings. The average molecular weight is 228 g/mol. The quantitative estimate of drug-likeness (QED) is 0.495. The molecule has 0 aliphatic rings. The van der Waals surface area contributed by atoms with Gasteiger partial charge in [0.05, 0.1) is 11.5 Å². The Hall–Kier alpha value is -1.00. The smallest absolute Gasteiger partial charge is 0.494 e. The van der Waals surface area contributed by atoms with E-state index in [4.69, 9.17) is 13.3 Å². The van der Waals surface area contributed by atoms with Gasteiger partial charge in [0.2, 0.25) is 0 Å². The van der Waals surface area contributed by atoms with E-state index >= 15 is 0 Å². The zero-order chi connectivity index (χ0) is 12.1. The molecule has 0 rings (SSSR count). The molecule has 0 aliphatic carbocycles. The third-order valence-corrected chi connectivity index (χ3v) is 3.85. The van der Waals surface area contributed by atoms with Gasteiger partial charge in [-0.25, -0.2) is 0 Å². The SMILES string of the molecule is C=C[Si](OC(=C)C)(OC(=C)C)OC(C)C. The molecule has 4 heteroatoms. The van der Waals surface area contributed by atoms with Gasteiger partial charge in [0.1, 0.15) is 0 Å². The van der Waals surface area contributed by atoms with Crippen molar-refractivity contribution in [1.82, 2.24) is 0 Å². The minimum atomic E-state index is -2.89. The van der Waals surface area contributed by atoms with Crippen LogP contribution in [0.4, 0.5) is 0 Å². The summed E-state index contributed by atoms with van der Waals surface area (Å²) >= 11 is 0. The van der Waals surface area contributed by atoms with Crippen LogP contribution in [0.2, 0.25) is 0 Å². The monoisotopic (exact) mass is 228 g/mol. The summed E-state index contributed by atoms with van der Waals surface area (Å²) in [7, 11) is -2.89. The predicted octanol–water partition coefficient (Wildman–Crippen LogP) is 3.18. The van der Waals surface area contributed by atoms with Gasteiger partial charge in [-0.2, -0.15) is 0 Å². The van der Waals surface area contributed by atoms with Crippen LogP contribution in [-0.4, -0.2) is 14.9 Å². The van der Waals surface area contributed by atoms with Crippen molar-refractivity contribution in [1.29, 1.82) is 0 Å². The molecule has 3 nitrogen and oxygen atoms in total. The Bertz CT molecular complexity index is 243. The van der Waals surface area contributed by atoms with Crippen LogP contribution in [0.15, 0.2) is 37.0 Å². The summed E-state index contributed by atoms with van der Waals surface area (Å²) in [6.45, 7) is 18.4. The van der Waals surface area contributed by atoms with Gasteiger partial charge in [-0.05, 0) is 27.7 Å². The lowest BCUT2D eigenvalue weighted by Crippen LogP contribution is -2.45. The van der Waals surface area contributed by atoms with E-state index in [1.54, 1.807) is 19.5 Å². The minimum absolute atomic E-state index is 0.00614. The van der Waals surface area contributed by atoms with Crippen molar-refractivity contribution >= 4 is 8.80 Å². The Morgan fingerprint density at radius 3 is 1.73 bits per heavy atom. The zero-order valence-electron chi connectivity index (χ0n) is 10.0. The molecule has 15 heavy (non-hydrogen) atoms. The molecule has 0 radical (unpaired) electrons. The lowest BCUT2D eigenvalue weighted by Gasteiger charge is -2.29. The molecule has 0 amide bonds. The first-order valence-electron chi connectivity index (χ1n) is 4.82. The second kappa shape index (κ2) is 5.78. The summed E-state index contributed by atoms with van der Waals surface area (Å²) in [6, 6.07) is 0. The van der Waals surface area contributed by atoms with E-state index in [0.29, 0.717) is 11.5 Å². The third kappa shape index (κ3) is 5.44. The van der Waals surface area contributed by atoms with Crippen LogP contribution in [-0.2, 0) is 13.3 Å². The molecular weight excluding hydrogens is 208 g/mol. The van der Waals surface area contributed by atoms with Gasteiger partial charge >= 0.3 is 8.80 Å². The summed E-state index contributed by atoms with van der Waals surface area (Å²) in [4.78, 5) is 0. The summed E-state index contributed by atoms with van der Waals surface area (Å²) in [6.07, 6.45) is -0.00614. The first kappa shape index (κ1) is 14.0. The standard InChI is InChI=1S/C11H20O3Si/c1-8-15(12-9(2)3,13-10(4)5)14-11(6)7/h8,11H,1-2,4H2,3,5-7H3. The van der Waals surface area contributed by atoms with Crippen LogP contribution in [0.5, 0.6) is 0 Å². The topological polar surface area (TPSA) is 27.7 Å². The normalized spacial score (nSPS) is 11.0. The minimum Gasteiger partial charge on any atom is -0.494 e. The average Bonchev–Trinajstić information content (AvgIpc) is 1.99. The molecule has 0 aromatic heterocycles. The summed E-state index contributed by atoms with van der Waals surface area (Å²) in [5.41, 5.74) is 1.58. The Labute approximate surface area is 93.4 Å². The Balaban J connectivity index is 4.82. The van der Waals surface area contributed by atoms with E-state index < -0.39 is 8.80 Å². The van der Waals surface area contributed by atoms with Gasteiger partial charge in [0.15, 0.2) is 0 Å². The van der Waals surface area contributed by atoms with Crippen molar-refractivity contribution < 1.29 is 13.3 Å². The molecule has 0 heterocycles. The predicted molar refractivity (Wildman–Crippen MR) is 64.0 cm³/mol. The summed E-state index contributed by atoms with van der Waals surface area (Å²) in [5, 5.41) is 0. The molecule has 0 aromatic rings. The fourth-order valence-corrected chi connectivity index (χ4v) is 3.04. The lowest BCUT2D eigenvalue weighted by molar-refractivity contribution is 0.0922. The molecule has 0 saturated carbocycles. The third-order valence-electron chi connectivity index (χ3n) is 1.28. The molecule has 86 valence electrons. The van der Waals surface area contributed by atoms with Crippen LogP contribution in [0.25, 0.3) is 0 Å². The van der Waals surface area contributed by atoms with Crippen molar-refractivity contribution in [2.24, 2.45) is 0 Å². The highest BCUT2D eigenvalue weighted by atomic mass is 28.4. The number of rotatable bonds is 7. The Kier molecular flexibility index (Phi) is 5.39. The molecule has 0 aliphatic heterocycles. The van der Waals surface area contributed by atoms with Crippen LogP contribution in [0.1, 0.15) is 27.7 Å².